The molecule has 2 N–H and O–H groups in total. The number of nitrogens with two attached hydrogens (primary N) is 1. The first-order valence-corrected chi connectivity index (χ1v) is 5.82. The molecule has 0 bridgehead atoms. The smallest absolute Gasteiger partial charge is 0.132 e. The predicted octanol–water partition coefficient (Wildman–Crippen LogP) is 2.76. The molecule has 0 amide bonds. The van der Waals surface area contributed by atoms with Gasteiger partial charge < -0.3 is 15.2 Å². The molecule has 1 aromatic rings. The van der Waals surface area contributed by atoms with Crippen LogP contribution in [0.4, 0.5) is 0 Å². The summed E-state index contributed by atoms with van der Waals surface area (Å²) in [5.74, 6) is 1.72. The van der Waals surface area contributed by atoms with E-state index in [1.807, 2.05) is 19.1 Å². The maximum atomic E-state index is 5.45. The van der Waals surface area contributed by atoms with Gasteiger partial charge in [0.15, 0.2) is 0 Å². The van der Waals surface area contributed by atoms with Gasteiger partial charge in [0, 0.05) is 11.1 Å². The molecule has 17 heavy (non-hydrogen) atoms. The summed E-state index contributed by atoms with van der Waals surface area (Å²) in [7, 11) is 3.34. The van der Waals surface area contributed by atoms with E-state index in [0.29, 0.717) is 0 Å². The molecule has 0 radical (unpaired) electrons. The molecule has 0 unspecified atom stereocenters. The summed E-state index contributed by atoms with van der Waals surface area (Å²) in [5, 5.41) is 0. The van der Waals surface area contributed by atoms with E-state index >= 15 is 0 Å². The molecule has 0 aliphatic rings. The van der Waals surface area contributed by atoms with Gasteiger partial charge in [-0.1, -0.05) is 12.2 Å². The molecule has 0 heterocycles. The molecule has 0 aromatic heterocycles. The predicted molar refractivity (Wildman–Crippen MR) is 71.6 cm³/mol. The first-order chi connectivity index (χ1) is 8.24. The Morgan fingerprint density at radius 3 is 2.59 bits per heavy atom. The van der Waals surface area contributed by atoms with Crippen LogP contribution in [0.25, 0.3) is 6.08 Å². The minimum atomic E-state index is 0.725. The standard InChI is InChI=1S/C14H21NO2/c1-11-13(16-2)9-8-12(14(11)17-3)7-5-4-6-10-15/h5,7-9H,4,6,10,15H2,1-3H3/b7-5+. The van der Waals surface area contributed by atoms with Crippen molar-refractivity contribution in [3.63, 3.8) is 0 Å². The maximum absolute atomic E-state index is 5.45. The quantitative estimate of drug-likeness (QED) is 0.771. The molecule has 0 saturated heterocycles. The van der Waals surface area contributed by atoms with Crippen LogP contribution >= 0.6 is 0 Å². The van der Waals surface area contributed by atoms with E-state index in [0.717, 1.165) is 42.0 Å². The molecule has 0 aliphatic carbocycles. The monoisotopic (exact) mass is 235 g/mol. The zero-order valence-corrected chi connectivity index (χ0v) is 10.8. The van der Waals surface area contributed by atoms with E-state index in [4.69, 9.17) is 15.2 Å². The molecule has 1 rings (SSSR count). The van der Waals surface area contributed by atoms with Gasteiger partial charge in [-0.3, -0.25) is 0 Å². The fourth-order valence-corrected chi connectivity index (χ4v) is 1.76. The van der Waals surface area contributed by atoms with Crippen LogP contribution in [0, 0.1) is 6.92 Å². The Kier molecular flexibility index (Phi) is 5.57. The van der Waals surface area contributed by atoms with Gasteiger partial charge in [0.05, 0.1) is 14.2 Å². The van der Waals surface area contributed by atoms with Crippen molar-refractivity contribution >= 4 is 6.08 Å². The minimum Gasteiger partial charge on any atom is -0.496 e. The Bertz CT molecular complexity index is 386. The molecule has 0 aliphatic heterocycles. The molecule has 0 fully saturated rings. The molecule has 3 nitrogen and oxygen atoms in total. The fraction of sp³-hybridized carbons (Fsp3) is 0.429. The van der Waals surface area contributed by atoms with Crippen molar-refractivity contribution in [1.82, 2.24) is 0 Å². The Balaban J connectivity index is 2.92. The molecule has 0 atom stereocenters. The summed E-state index contributed by atoms with van der Waals surface area (Å²) in [6, 6.07) is 3.96. The zero-order valence-electron chi connectivity index (χ0n) is 10.8. The van der Waals surface area contributed by atoms with Crippen molar-refractivity contribution in [2.24, 2.45) is 5.73 Å². The van der Waals surface area contributed by atoms with Crippen LogP contribution in [0.5, 0.6) is 11.5 Å². The third-order valence-electron chi connectivity index (χ3n) is 2.68. The number of ether oxygens (including phenoxy) is 2. The van der Waals surface area contributed by atoms with Crippen LogP contribution in [0.3, 0.4) is 0 Å². The summed E-state index contributed by atoms with van der Waals surface area (Å²) >= 11 is 0. The largest absolute Gasteiger partial charge is 0.496 e. The molecular formula is C14H21NO2. The first-order valence-electron chi connectivity index (χ1n) is 5.82. The Morgan fingerprint density at radius 2 is 2.00 bits per heavy atom. The van der Waals surface area contributed by atoms with Crippen LogP contribution < -0.4 is 15.2 Å². The number of unbranched alkanes of at least 4 members (excludes halogenated alkanes) is 1. The van der Waals surface area contributed by atoms with Crippen LogP contribution in [0.1, 0.15) is 24.0 Å². The van der Waals surface area contributed by atoms with E-state index < -0.39 is 0 Å². The van der Waals surface area contributed by atoms with Gasteiger partial charge in [0.25, 0.3) is 0 Å². The molecule has 1 aromatic carbocycles. The van der Waals surface area contributed by atoms with Crippen molar-refractivity contribution < 1.29 is 9.47 Å². The van der Waals surface area contributed by atoms with E-state index in [-0.39, 0.29) is 0 Å². The molecule has 0 saturated carbocycles. The van der Waals surface area contributed by atoms with Crippen molar-refractivity contribution in [1.29, 1.82) is 0 Å². The minimum absolute atomic E-state index is 0.725. The van der Waals surface area contributed by atoms with Crippen LogP contribution in [-0.2, 0) is 0 Å². The van der Waals surface area contributed by atoms with Gasteiger partial charge in [-0.25, -0.2) is 0 Å². The van der Waals surface area contributed by atoms with Crippen molar-refractivity contribution in [3.05, 3.63) is 29.3 Å². The lowest BCUT2D eigenvalue weighted by molar-refractivity contribution is 0.388. The SMILES string of the molecule is COc1ccc(/C=C/CCCN)c(OC)c1C. The lowest BCUT2D eigenvalue weighted by atomic mass is 10.1. The average molecular weight is 235 g/mol. The summed E-state index contributed by atoms with van der Waals surface area (Å²) in [6.45, 7) is 2.72. The van der Waals surface area contributed by atoms with Gasteiger partial charge in [-0.2, -0.15) is 0 Å². The number of rotatable bonds is 6. The van der Waals surface area contributed by atoms with Gasteiger partial charge >= 0.3 is 0 Å². The third kappa shape index (κ3) is 3.49. The van der Waals surface area contributed by atoms with E-state index in [1.54, 1.807) is 14.2 Å². The van der Waals surface area contributed by atoms with Crippen molar-refractivity contribution in [3.8, 4) is 11.5 Å². The Morgan fingerprint density at radius 1 is 1.24 bits per heavy atom. The van der Waals surface area contributed by atoms with E-state index in [9.17, 15) is 0 Å². The number of hydrogen-bond donors (Lipinski definition) is 1. The lowest BCUT2D eigenvalue weighted by Gasteiger charge is -2.12. The average Bonchev–Trinajstić information content (AvgIpc) is 2.35. The van der Waals surface area contributed by atoms with Gasteiger partial charge in [-0.05, 0) is 38.4 Å². The second-order valence-corrected chi connectivity index (χ2v) is 3.85. The van der Waals surface area contributed by atoms with Crippen LogP contribution in [0.15, 0.2) is 18.2 Å². The van der Waals surface area contributed by atoms with E-state index in [2.05, 4.69) is 12.2 Å². The lowest BCUT2D eigenvalue weighted by Crippen LogP contribution is -1.96. The van der Waals surface area contributed by atoms with Crippen LogP contribution in [-0.4, -0.2) is 20.8 Å². The summed E-state index contributed by atoms with van der Waals surface area (Å²) in [6.07, 6.45) is 6.19. The van der Waals surface area contributed by atoms with Gasteiger partial charge in [0.1, 0.15) is 11.5 Å². The summed E-state index contributed by atoms with van der Waals surface area (Å²) in [4.78, 5) is 0. The van der Waals surface area contributed by atoms with Crippen molar-refractivity contribution in [2.45, 2.75) is 19.8 Å². The number of hydrogen-bond acceptors (Lipinski definition) is 3. The molecule has 94 valence electrons. The first kappa shape index (κ1) is 13.6. The number of allylic oxidation sites excluding steroid dienone is 1. The zero-order chi connectivity index (χ0) is 12.7. The number of benzene rings is 1. The summed E-state index contributed by atoms with van der Waals surface area (Å²) < 4.78 is 10.7. The maximum Gasteiger partial charge on any atom is 0.132 e. The molecular weight excluding hydrogens is 214 g/mol. The highest BCUT2D eigenvalue weighted by Gasteiger charge is 2.08. The van der Waals surface area contributed by atoms with Gasteiger partial charge in [0.2, 0.25) is 0 Å². The normalized spacial score (nSPS) is 10.8. The second-order valence-electron chi connectivity index (χ2n) is 3.85. The topological polar surface area (TPSA) is 44.5 Å². The van der Waals surface area contributed by atoms with E-state index in [1.165, 1.54) is 0 Å². The Labute approximate surface area is 103 Å². The number of methoxy groups -OCH3 is 2. The third-order valence-corrected chi connectivity index (χ3v) is 2.68. The highest BCUT2D eigenvalue weighted by Crippen LogP contribution is 2.32. The molecule has 3 heteroatoms. The highest BCUT2D eigenvalue weighted by molar-refractivity contribution is 5.62. The highest BCUT2D eigenvalue weighted by atomic mass is 16.5. The van der Waals surface area contributed by atoms with Crippen LogP contribution in [0.2, 0.25) is 0 Å². The fourth-order valence-electron chi connectivity index (χ4n) is 1.76. The van der Waals surface area contributed by atoms with Crippen molar-refractivity contribution in [2.75, 3.05) is 20.8 Å². The second kappa shape index (κ2) is 6.97. The van der Waals surface area contributed by atoms with Gasteiger partial charge in [-0.15, -0.1) is 0 Å². The Hall–Kier alpha value is -1.48. The summed E-state index contributed by atoms with van der Waals surface area (Å²) in [5.41, 5.74) is 7.55. The molecule has 0 spiro atoms.